The number of hydrogen-bond acceptors (Lipinski definition) is 2. The Morgan fingerprint density at radius 1 is 1.06 bits per heavy atom. The highest BCUT2D eigenvalue weighted by atomic mass is 35.5. The van der Waals surface area contributed by atoms with Crippen LogP contribution in [0.4, 0.5) is 11.4 Å². The molecule has 0 aromatic heterocycles. The van der Waals surface area contributed by atoms with E-state index in [1.54, 1.807) is 0 Å². The molecule has 1 aliphatic heterocycles. The van der Waals surface area contributed by atoms with Gasteiger partial charge in [-0.25, -0.2) is 0 Å². The Balaban J connectivity index is 1.49. The molecule has 156 valence electrons. The third kappa shape index (κ3) is 3.64. The van der Waals surface area contributed by atoms with E-state index >= 15 is 0 Å². The van der Waals surface area contributed by atoms with E-state index < -0.39 is 0 Å². The molecule has 1 aliphatic carbocycles. The van der Waals surface area contributed by atoms with Crippen molar-refractivity contribution >= 4 is 28.9 Å². The van der Waals surface area contributed by atoms with Crippen molar-refractivity contribution in [2.75, 3.05) is 16.8 Å². The van der Waals surface area contributed by atoms with Crippen LogP contribution in [0.2, 0.25) is 5.02 Å². The highest BCUT2D eigenvalue weighted by molar-refractivity contribution is 6.30. The topological polar surface area (TPSA) is 32.3 Å². The first-order valence-electron chi connectivity index (χ1n) is 10.8. The molecule has 0 radical (unpaired) electrons. The van der Waals surface area contributed by atoms with Crippen molar-refractivity contribution in [3.8, 4) is 0 Å². The molecule has 0 spiro atoms. The second-order valence-corrected chi connectivity index (χ2v) is 8.65. The number of hydrogen-bond donors (Lipinski definition) is 1. The lowest BCUT2D eigenvalue weighted by Crippen LogP contribution is -2.32. The minimum Gasteiger partial charge on any atom is -0.378 e. The smallest absolute Gasteiger partial charge is 0.258 e. The number of halogens is 1. The summed E-state index contributed by atoms with van der Waals surface area (Å²) in [4.78, 5) is 15.2. The molecule has 0 saturated heterocycles. The largest absolute Gasteiger partial charge is 0.378 e. The maximum Gasteiger partial charge on any atom is 0.258 e. The molecular formula is C27H25ClN2O. The predicted molar refractivity (Wildman–Crippen MR) is 128 cm³/mol. The first kappa shape index (κ1) is 19.9. The summed E-state index contributed by atoms with van der Waals surface area (Å²) in [7, 11) is 0. The fourth-order valence-electron chi connectivity index (χ4n) is 4.96. The van der Waals surface area contributed by atoms with E-state index in [0.717, 1.165) is 28.4 Å². The van der Waals surface area contributed by atoms with E-state index in [4.69, 9.17) is 11.6 Å². The number of nitrogens with one attached hydrogen (secondary N) is 1. The van der Waals surface area contributed by atoms with Crippen molar-refractivity contribution in [2.45, 2.75) is 25.3 Å². The number of carbonyl (C=O) groups is 1. The molecule has 3 unspecified atom stereocenters. The van der Waals surface area contributed by atoms with Crippen molar-refractivity contribution < 1.29 is 4.79 Å². The van der Waals surface area contributed by atoms with Crippen LogP contribution in [-0.2, 0) is 0 Å². The van der Waals surface area contributed by atoms with E-state index in [2.05, 4.69) is 41.7 Å². The fourth-order valence-corrected chi connectivity index (χ4v) is 5.16. The summed E-state index contributed by atoms with van der Waals surface area (Å²) in [5, 5.41) is 4.49. The molecule has 3 aromatic carbocycles. The number of nitrogens with zero attached hydrogens (tertiary/aromatic N) is 1. The molecule has 31 heavy (non-hydrogen) atoms. The van der Waals surface area contributed by atoms with Crippen molar-refractivity contribution in [3.05, 3.63) is 107 Å². The third-order valence-corrected chi connectivity index (χ3v) is 6.68. The van der Waals surface area contributed by atoms with Gasteiger partial charge in [0, 0.05) is 34.4 Å². The van der Waals surface area contributed by atoms with Crippen LogP contribution in [-0.4, -0.2) is 12.5 Å². The maximum atomic E-state index is 13.4. The molecule has 3 nitrogen and oxygen atoms in total. The van der Waals surface area contributed by atoms with E-state index in [1.807, 2.05) is 60.4 Å². The van der Waals surface area contributed by atoms with Crippen LogP contribution in [0.3, 0.4) is 0 Å². The second-order valence-electron chi connectivity index (χ2n) is 8.22. The van der Waals surface area contributed by atoms with Gasteiger partial charge in [-0.2, -0.15) is 0 Å². The molecule has 1 heterocycles. The zero-order valence-corrected chi connectivity index (χ0v) is 18.2. The van der Waals surface area contributed by atoms with Gasteiger partial charge in [0.2, 0.25) is 0 Å². The number of para-hydroxylation sites is 1. The van der Waals surface area contributed by atoms with Crippen molar-refractivity contribution in [3.63, 3.8) is 0 Å². The van der Waals surface area contributed by atoms with Gasteiger partial charge >= 0.3 is 0 Å². The lowest BCUT2D eigenvalue weighted by molar-refractivity contribution is 0.0988. The highest BCUT2D eigenvalue weighted by Gasteiger charge is 2.38. The summed E-state index contributed by atoms with van der Waals surface area (Å²) in [6.45, 7) is 2.64. The minimum atomic E-state index is 0.0343. The predicted octanol–water partition coefficient (Wildman–Crippen LogP) is 6.83. The average molecular weight is 429 g/mol. The zero-order valence-electron chi connectivity index (χ0n) is 17.5. The van der Waals surface area contributed by atoms with Gasteiger partial charge in [-0.1, -0.05) is 54.1 Å². The number of fused-ring (bicyclic) bond motifs is 3. The molecule has 0 bridgehead atoms. The molecule has 0 fully saturated rings. The summed E-state index contributed by atoms with van der Waals surface area (Å²) in [5.41, 5.74) is 5.15. The van der Waals surface area contributed by atoms with E-state index in [9.17, 15) is 4.79 Å². The molecule has 1 amide bonds. The average Bonchev–Trinajstić information content (AvgIpc) is 3.30. The molecule has 4 heteroatoms. The van der Waals surface area contributed by atoms with Crippen LogP contribution < -0.4 is 10.2 Å². The van der Waals surface area contributed by atoms with Gasteiger partial charge in [0.25, 0.3) is 5.91 Å². The van der Waals surface area contributed by atoms with Crippen LogP contribution >= 0.6 is 11.6 Å². The van der Waals surface area contributed by atoms with E-state index in [0.29, 0.717) is 18.4 Å². The molecule has 2 aliphatic rings. The Bertz CT molecular complexity index is 1140. The van der Waals surface area contributed by atoms with Crippen molar-refractivity contribution in [1.82, 2.24) is 0 Å². The molecule has 3 atom stereocenters. The quantitative estimate of drug-likeness (QED) is 0.461. The SMILES string of the molecule is CCN(C(=O)c1ccc2c(c1)C1C=CCC1C(c1cccc(Cl)c1)N2)c1ccccc1. The van der Waals surface area contributed by atoms with Crippen molar-refractivity contribution in [1.29, 1.82) is 0 Å². The van der Waals surface area contributed by atoms with Gasteiger partial charge in [0.05, 0.1) is 6.04 Å². The van der Waals surface area contributed by atoms with Crippen LogP contribution in [0.5, 0.6) is 0 Å². The van der Waals surface area contributed by atoms with Crippen molar-refractivity contribution in [2.24, 2.45) is 5.92 Å². The number of carbonyl (C=O) groups excluding carboxylic acids is 1. The molecular weight excluding hydrogens is 404 g/mol. The van der Waals surface area contributed by atoms with Crippen LogP contribution in [0.25, 0.3) is 0 Å². The second kappa shape index (κ2) is 8.24. The molecule has 0 saturated carbocycles. The van der Waals surface area contributed by atoms with Crippen LogP contribution in [0.15, 0.2) is 84.9 Å². The fraction of sp³-hybridized carbons (Fsp3) is 0.222. The summed E-state index contributed by atoms with van der Waals surface area (Å²) >= 11 is 6.27. The Labute approximate surface area is 188 Å². The number of anilines is 2. The van der Waals surface area contributed by atoms with Gasteiger partial charge in [-0.05, 0) is 72.9 Å². The molecule has 5 rings (SSSR count). The first-order chi connectivity index (χ1) is 15.2. The number of allylic oxidation sites excluding steroid dienone is 2. The normalized spacial score (nSPS) is 21.2. The minimum absolute atomic E-state index is 0.0343. The van der Waals surface area contributed by atoms with Gasteiger partial charge in [0.1, 0.15) is 0 Å². The Hall–Kier alpha value is -3.04. The summed E-state index contributed by atoms with van der Waals surface area (Å²) in [6, 6.07) is 24.2. The monoisotopic (exact) mass is 428 g/mol. The first-order valence-corrected chi connectivity index (χ1v) is 11.2. The van der Waals surface area contributed by atoms with E-state index in [1.165, 1.54) is 11.1 Å². The maximum absolute atomic E-state index is 13.4. The van der Waals surface area contributed by atoms with Gasteiger partial charge in [-0.15, -0.1) is 0 Å². The number of amides is 1. The summed E-state index contributed by atoms with van der Waals surface area (Å²) in [5.74, 6) is 0.736. The lowest BCUT2D eigenvalue weighted by Gasteiger charge is -2.38. The van der Waals surface area contributed by atoms with Gasteiger partial charge in [-0.3, -0.25) is 4.79 Å². The summed E-state index contributed by atoms with van der Waals surface area (Å²) in [6.07, 6.45) is 5.57. The van der Waals surface area contributed by atoms with E-state index in [-0.39, 0.29) is 11.9 Å². The molecule has 3 aromatic rings. The zero-order chi connectivity index (χ0) is 21.4. The van der Waals surface area contributed by atoms with Crippen LogP contribution in [0.1, 0.15) is 46.8 Å². The number of benzene rings is 3. The molecule has 1 N–H and O–H groups in total. The lowest BCUT2D eigenvalue weighted by atomic mass is 9.76. The third-order valence-electron chi connectivity index (χ3n) is 6.45. The number of rotatable bonds is 4. The Kier molecular flexibility index (Phi) is 5.29. The van der Waals surface area contributed by atoms with Crippen LogP contribution in [0, 0.1) is 5.92 Å². The van der Waals surface area contributed by atoms with Gasteiger partial charge in [0.15, 0.2) is 0 Å². The highest BCUT2D eigenvalue weighted by Crippen LogP contribution is 2.50. The Morgan fingerprint density at radius 2 is 1.90 bits per heavy atom. The Morgan fingerprint density at radius 3 is 2.68 bits per heavy atom. The standard InChI is InChI=1S/C27H25ClN2O/c1-2-30(21-10-4-3-5-11-21)27(31)19-14-15-25-24(17-19)22-12-7-13-23(22)26(29-25)18-8-6-9-20(28)16-18/h3-12,14-17,22-23,26,29H,2,13H2,1H3. The van der Waals surface area contributed by atoms with Gasteiger partial charge < -0.3 is 10.2 Å². The summed E-state index contributed by atoms with van der Waals surface area (Å²) < 4.78 is 0.